The molecule has 0 spiro atoms. The lowest BCUT2D eigenvalue weighted by molar-refractivity contribution is 0.195. The van der Waals surface area contributed by atoms with E-state index in [0.717, 1.165) is 25.5 Å². The van der Waals surface area contributed by atoms with Gasteiger partial charge >= 0.3 is 0 Å². The number of rotatable bonds is 5. The minimum absolute atomic E-state index is 0.130. The SMILES string of the molecule is CCCC(CC)OS(C)(=O)=O. The van der Waals surface area contributed by atoms with Gasteiger partial charge in [0.1, 0.15) is 0 Å². The van der Waals surface area contributed by atoms with Crippen molar-refractivity contribution in [2.24, 2.45) is 0 Å². The first-order chi connectivity index (χ1) is 4.99. The van der Waals surface area contributed by atoms with Crippen molar-refractivity contribution < 1.29 is 12.6 Å². The average molecular weight is 180 g/mol. The van der Waals surface area contributed by atoms with Gasteiger partial charge in [0.05, 0.1) is 12.4 Å². The van der Waals surface area contributed by atoms with Crippen LogP contribution < -0.4 is 0 Å². The first-order valence-electron chi connectivity index (χ1n) is 3.87. The molecule has 0 aliphatic rings. The highest BCUT2D eigenvalue weighted by atomic mass is 32.2. The lowest BCUT2D eigenvalue weighted by atomic mass is 10.2. The van der Waals surface area contributed by atoms with E-state index in [-0.39, 0.29) is 6.10 Å². The second kappa shape index (κ2) is 4.72. The number of hydrogen-bond acceptors (Lipinski definition) is 3. The summed E-state index contributed by atoms with van der Waals surface area (Å²) in [6.45, 7) is 3.93. The topological polar surface area (TPSA) is 43.4 Å². The zero-order valence-electron chi connectivity index (χ0n) is 7.33. The van der Waals surface area contributed by atoms with E-state index in [9.17, 15) is 8.42 Å². The monoisotopic (exact) mass is 180 g/mol. The fourth-order valence-corrected chi connectivity index (χ4v) is 1.62. The summed E-state index contributed by atoms with van der Waals surface area (Å²) in [7, 11) is -3.26. The third-order valence-corrected chi connectivity index (χ3v) is 2.00. The van der Waals surface area contributed by atoms with Gasteiger partial charge in [-0.1, -0.05) is 20.3 Å². The largest absolute Gasteiger partial charge is 0.267 e. The van der Waals surface area contributed by atoms with Gasteiger partial charge in [0.25, 0.3) is 10.1 Å². The molecular weight excluding hydrogens is 164 g/mol. The van der Waals surface area contributed by atoms with Crippen LogP contribution in [0.2, 0.25) is 0 Å². The Morgan fingerprint density at radius 3 is 2.18 bits per heavy atom. The molecule has 0 aliphatic carbocycles. The standard InChI is InChI=1S/C7H16O3S/c1-4-6-7(5-2)10-11(3,8)9/h7H,4-6H2,1-3H3. The van der Waals surface area contributed by atoms with Crippen LogP contribution >= 0.6 is 0 Å². The highest BCUT2D eigenvalue weighted by Gasteiger charge is 2.11. The molecular formula is C7H16O3S. The summed E-state index contributed by atoms with van der Waals surface area (Å²) < 4.78 is 26.1. The van der Waals surface area contributed by atoms with Crippen LogP contribution in [0, 0.1) is 0 Å². The second-order valence-corrected chi connectivity index (χ2v) is 4.22. The van der Waals surface area contributed by atoms with Gasteiger partial charge in [-0.15, -0.1) is 0 Å². The molecule has 11 heavy (non-hydrogen) atoms. The fraction of sp³-hybridized carbons (Fsp3) is 1.00. The van der Waals surface area contributed by atoms with Gasteiger partial charge < -0.3 is 0 Å². The van der Waals surface area contributed by atoms with Crippen molar-refractivity contribution in [1.29, 1.82) is 0 Å². The Balaban J connectivity index is 3.88. The maximum absolute atomic E-state index is 10.7. The summed E-state index contributed by atoms with van der Waals surface area (Å²) in [4.78, 5) is 0. The number of hydrogen-bond donors (Lipinski definition) is 0. The van der Waals surface area contributed by atoms with Crippen molar-refractivity contribution in [3.05, 3.63) is 0 Å². The molecule has 0 radical (unpaired) electrons. The van der Waals surface area contributed by atoms with E-state index in [4.69, 9.17) is 4.18 Å². The molecule has 0 heterocycles. The molecule has 0 aliphatic heterocycles. The smallest absolute Gasteiger partial charge is 0.264 e. The van der Waals surface area contributed by atoms with Crippen LogP contribution in [-0.2, 0) is 14.3 Å². The summed E-state index contributed by atoms with van der Waals surface area (Å²) >= 11 is 0. The van der Waals surface area contributed by atoms with E-state index >= 15 is 0 Å². The summed E-state index contributed by atoms with van der Waals surface area (Å²) in [6, 6.07) is 0. The Labute approximate surface area is 68.9 Å². The van der Waals surface area contributed by atoms with Crippen molar-refractivity contribution in [3.8, 4) is 0 Å². The van der Waals surface area contributed by atoms with Gasteiger partial charge in [0.15, 0.2) is 0 Å². The Hall–Kier alpha value is -0.0900. The van der Waals surface area contributed by atoms with Gasteiger partial charge in [-0.05, 0) is 12.8 Å². The van der Waals surface area contributed by atoms with Crippen LogP contribution in [0.1, 0.15) is 33.1 Å². The van der Waals surface area contributed by atoms with Gasteiger partial charge in [0, 0.05) is 0 Å². The van der Waals surface area contributed by atoms with Crippen molar-refractivity contribution in [1.82, 2.24) is 0 Å². The van der Waals surface area contributed by atoms with Crippen molar-refractivity contribution in [2.45, 2.75) is 39.2 Å². The van der Waals surface area contributed by atoms with Gasteiger partial charge in [-0.2, -0.15) is 8.42 Å². The fourth-order valence-electron chi connectivity index (χ4n) is 0.889. The Kier molecular flexibility index (Phi) is 4.68. The normalized spacial score (nSPS) is 14.8. The maximum Gasteiger partial charge on any atom is 0.264 e. The lowest BCUT2D eigenvalue weighted by Crippen LogP contribution is -2.16. The molecule has 0 bridgehead atoms. The minimum atomic E-state index is -3.26. The van der Waals surface area contributed by atoms with Crippen LogP contribution in [0.3, 0.4) is 0 Å². The molecule has 0 amide bonds. The van der Waals surface area contributed by atoms with E-state index in [1.165, 1.54) is 0 Å². The molecule has 1 unspecified atom stereocenters. The molecule has 68 valence electrons. The molecule has 0 aromatic carbocycles. The molecule has 4 heteroatoms. The zero-order valence-corrected chi connectivity index (χ0v) is 8.15. The van der Waals surface area contributed by atoms with Crippen LogP contribution in [0.15, 0.2) is 0 Å². The molecule has 0 N–H and O–H groups in total. The maximum atomic E-state index is 10.7. The van der Waals surface area contributed by atoms with Gasteiger partial charge in [-0.3, -0.25) is 4.18 Å². The predicted molar refractivity (Wildman–Crippen MR) is 44.9 cm³/mol. The molecule has 0 aromatic heterocycles. The van der Waals surface area contributed by atoms with E-state index in [2.05, 4.69) is 0 Å². The molecule has 0 saturated heterocycles. The van der Waals surface area contributed by atoms with Gasteiger partial charge in [0.2, 0.25) is 0 Å². The quantitative estimate of drug-likeness (QED) is 0.603. The van der Waals surface area contributed by atoms with Crippen LogP contribution in [0.25, 0.3) is 0 Å². The first-order valence-corrected chi connectivity index (χ1v) is 5.69. The first kappa shape index (κ1) is 10.9. The van der Waals surface area contributed by atoms with Crippen molar-refractivity contribution in [3.63, 3.8) is 0 Å². The minimum Gasteiger partial charge on any atom is -0.267 e. The zero-order chi connectivity index (χ0) is 8.91. The lowest BCUT2D eigenvalue weighted by Gasteiger charge is -2.11. The summed E-state index contributed by atoms with van der Waals surface area (Å²) in [5, 5.41) is 0. The van der Waals surface area contributed by atoms with E-state index in [0.29, 0.717) is 0 Å². The molecule has 3 nitrogen and oxygen atoms in total. The van der Waals surface area contributed by atoms with Gasteiger partial charge in [-0.25, -0.2) is 0 Å². The molecule has 0 saturated carbocycles. The third kappa shape index (κ3) is 6.31. The Morgan fingerprint density at radius 1 is 1.36 bits per heavy atom. The summed E-state index contributed by atoms with van der Waals surface area (Å²) in [5.41, 5.74) is 0. The van der Waals surface area contributed by atoms with Crippen LogP contribution in [0.4, 0.5) is 0 Å². The van der Waals surface area contributed by atoms with Crippen LogP contribution in [0.5, 0.6) is 0 Å². The second-order valence-electron chi connectivity index (χ2n) is 2.62. The summed E-state index contributed by atoms with van der Waals surface area (Å²) in [6.07, 6.45) is 3.47. The highest BCUT2D eigenvalue weighted by molar-refractivity contribution is 7.86. The Morgan fingerprint density at radius 2 is 1.91 bits per heavy atom. The van der Waals surface area contributed by atoms with E-state index in [1.54, 1.807) is 0 Å². The summed E-state index contributed by atoms with van der Waals surface area (Å²) in [5.74, 6) is 0. The predicted octanol–water partition coefficient (Wildman–Crippen LogP) is 1.54. The van der Waals surface area contributed by atoms with E-state index in [1.807, 2.05) is 13.8 Å². The third-order valence-electron chi connectivity index (χ3n) is 1.38. The van der Waals surface area contributed by atoms with Crippen molar-refractivity contribution >= 4 is 10.1 Å². The molecule has 0 aromatic rings. The van der Waals surface area contributed by atoms with E-state index < -0.39 is 10.1 Å². The molecule has 0 rings (SSSR count). The Bertz CT molecular complexity index is 184. The molecule has 0 fully saturated rings. The molecule has 1 atom stereocenters. The van der Waals surface area contributed by atoms with Crippen LogP contribution in [-0.4, -0.2) is 20.8 Å². The highest BCUT2D eigenvalue weighted by Crippen LogP contribution is 2.08. The van der Waals surface area contributed by atoms with Crippen molar-refractivity contribution in [2.75, 3.05) is 6.26 Å². The average Bonchev–Trinajstić information content (AvgIpc) is 1.84.